The van der Waals surface area contributed by atoms with Gasteiger partial charge in [-0.25, -0.2) is 13.9 Å². The molecule has 0 unspecified atom stereocenters. The molecule has 3 N–H and O–H groups in total. The summed E-state index contributed by atoms with van der Waals surface area (Å²) in [4.78, 5) is 11.9. The molecule has 1 aromatic heterocycles. The molecule has 7 heteroatoms. The van der Waals surface area contributed by atoms with Crippen molar-refractivity contribution >= 4 is 11.8 Å². The van der Waals surface area contributed by atoms with Gasteiger partial charge in [-0.05, 0) is 45.0 Å². The smallest absolute Gasteiger partial charge is 0.320 e. The van der Waals surface area contributed by atoms with Crippen molar-refractivity contribution in [2.24, 2.45) is 0 Å². The second kappa shape index (κ2) is 6.15. The Labute approximate surface area is 128 Å². The summed E-state index contributed by atoms with van der Waals surface area (Å²) in [5.41, 5.74) is 0.768. The van der Waals surface area contributed by atoms with Crippen LogP contribution in [0.3, 0.4) is 0 Å². The zero-order chi connectivity index (χ0) is 16.3. The molecular weight excluding hydrogens is 287 g/mol. The maximum Gasteiger partial charge on any atom is 0.320 e. The molecule has 0 atom stereocenters. The molecule has 0 saturated carbocycles. The van der Waals surface area contributed by atoms with Gasteiger partial charge in [-0.3, -0.25) is 5.32 Å². The van der Waals surface area contributed by atoms with Gasteiger partial charge in [-0.2, -0.15) is 0 Å². The number of nitrogens with zero attached hydrogens (tertiary/aromatic N) is 2. The Morgan fingerprint density at radius 1 is 1.36 bits per heavy atom. The number of carbonyl (C=O) groups is 1. The second-order valence-electron chi connectivity index (χ2n) is 5.68. The van der Waals surface area contributed by atoms with Crippen LogP contribution in [0.1, 0.15) is 19.5 Å². The summed E-state index contributed by atoms with van der Waals surface area (Å²) in [6.07, 6.45) is 0. The summed E-state index contributed by atoms with van der Waals surface area (Å²) in [5, 5.41) is 18.6. The number of aromatic nitrogens is 2. The second-order valence-corrected chi connectivity index (χ2v) is 5.68. The van der Waals surface area contributed by atoms with Gasteiger partial charge in [0.1, 0.15) is 5.82 Å². The maximum atomic E-state index is 13.0. The summed E-state index contributed by atoms with van der Waals surface area (Å²) >= 11 is 0. The Hall–Kier alpha value is -2.41. The predicted molar refractivity (Wildman–Crippen MR) is 81.6 cm³/mol. The molecule has 2 aromatic rings. The molecule has 0 aliphatic carbocycles. The van der Waals surface area contributed by atoms with E-state index in [2.05, 4.69) is 15.7 Å². The van der Waals surface area contributed by atoms with E-state index >= 15 is 0 Å². The van der Waals surface area contributed by atoms with Gasteiger partial charge in [0.25, 0.3) is 0 Å². The van der Waals surface area contributed by atoms with Gasteiger partial charge in [0.15, 0.2) is 5.82 Å². The minimum absolute atomic E-state index is 0.177. The van der Waals surface area contributed by atoms with Crippen LogP contribution >= 0.6 is 0 Å². The van der Waals surface area contributed by atoms with E-state index in [1.807, 2.05) is 6.92 Å². The van der Waals surface area contributed by atoms with Gasteiger partial charge in [0.05, 0.1) is 17.8 Å². The molecule has 0 saturated heterocycles. The van der Waals surface area contributed by atoms with Crippen molar-refractivity contribution in [1.29, 1.82) is 0 Å². The number of aliphatic hydroxyl groups is 1. The molecule has 0 aliphatic heterocycles. The first-order valence-corrected chi connectivity index (χ1v) is 6.83. The Balaban J connectivity index is 2.13. The molecule has 2 amide bonds. The van der Waals surface area contributed by atoms with Crippen LogP contribution in [0.15, 0.2) is 30.3 Å². The molecule has 2 rings (SSSR count). The average Bonchev–Trinajstić information content (AvgIpc) is 2.79. The van der Waals surface area contributed by atoms with Crippen molar-refractivity contribution in [1.82, 2.24) is 15.1 Å². The van der Waals surface area contributed by atoms with Gasteiger partial charge in [-0.15, -0.1) is 5.10 Å². The van der Waals surface area contributed by atoms with Crippen molar-refractivity contribution in [3.63, 3.8) is 0 Å². The predicted octanol–water partition coefficient (Wildman–Crippen LogP) is 2.21. The van der Waals surface area contributed by atoms with Gasteiger partial charge in [0.2, 0.25) is 0 Å². The summed E-state index contributed by atoms with van der Waals surface area (Å²) in [7, 11) is 0. The van der Waals surface area contributed by atoms with Crippen LogP contribution in [0.5, 0.6) is 0 Å². The van der Waals surface area contributed by atoms with Crippen LogP contribution in [0.25, 0.3) is 5.69 Å². The number of nitrogens with one attached hydrogen (secondary N) is 2. The highest BCUT2D eigenvalue weighted by molar-refractivity contribution is 5.88. The van der Waals surface area contributed by atoms with Crippen molar-refractivity contribution in [2.75, 3.05) is 11.9 Å². The van der Waals surface area contributed by atoms with E-state index in [1.54, 1.807) is 36.7 Å². The Bertz CT molecular complexity index is 665. The van der Waals surface area contributed by atoms with Crippen LogP contribution in [0.2, 0.25) is 0 Å². The van der Waals surface area contributed by atoms with E-state index in [9.17, 15) is 9.18 Å². The standard InChI is InChI=1S/C15H19FN4O2/c1-10-8-13(17-14(22)18-15(2,3)9-21)19-20(10)12-6-4-11(16)5-7-12/h4-8,21H,9H2,1-3H3,(H2,17,18,19,22). The highest BCUT2D eigenvalue weighted by Crippen LogP contribution is 2.15. The maximum absolute atomic E-state index is 13.0. The number of rotatable bonds is 4. The van der Waals surface area contributed by atoms with E-state index in [0.717, 1.165) is 5.69 Å². The quantitative estimate of drug-likeness (QED) is 0.810. The van der Waals surface area contributed by atoms with Gasteiger partial charge in [-0.1, -0.05) is 0 Å². The SMILES string of the molecule is Cc1cc(NC(=O)NC(C)(C)CO)nn1-c1ccc(F)cc1. The van der Waals surface area contributed by atoms with E-state index in [-0.39, 0.29) is 12.4 Å². The molecule has 0 spiro atoms. The third kappa shape index (κ3) is 3.82. The number of aliphatic hydroxyl groups excluding tert-OH is 1. The van der Waals surface area contributed by atoms with E-state index in [1.165, 1.54) is 12.1 Å². The zero-order valence-electron chi connectivity index (χ0n) is 12.7. The number of aryl methyl sites for hydroxylation is 1. The Morgan fingerprint density at radius 3 is 2.59 bits per heavy atom. The highest BCUT2D eigenvalue weighted by Gasteiger charge is 2.19. The van der Waals surface area contributed by atoms with E-state index < -0.39 is 11.6 Å². The summed E-state index contributed by atoms with van der Waals surface area (Å²) in [5.74, 6) is 0.0468. The molecule has 0 radical (unpaired) electrons. The fraction of sp³-hybridized carbons (Fsp3) is 0.333. The zero-order valence-corrected chi connectivity index (χ0v) is 12.7. The molecule has 22 heavy (non-hydrogen) atoms. The minimum Gasteiger partial charge on any atom is -0.394 e. The van der Waals surface area contributed by atoms with Crippen LogP contribution in [0.4, 0.5) is 15.0 Å². The molecule has 0 bridgehead atoms. The number of anilines is 1. The number of halogens is 1. The fourth-order valence-electron chi connectivity index (χ4n) is 1.87. The number of urea groups is 1. The fourth-order valence-corrected chi connectivity index (χ4v) is 1.87. The van der Waals surface area contributed by atoms with Crippen LogP contribution in [-0.2, 0) is 0 Å². The topological polar surface area (TPSA) is 79.2 Å². The van der Waals surface area contributed by atoms with Crippen LogP contribution in [0, 0.1) is 12.7 Å². The summed E-state index contributed by atoms with van der Waals surface area (Å²) < 4.78 is 14.6. The van der Waals surface area contributed by atoms with Crippen molar-refractivity contribution < 1.29 is 14.3 Å². The molecule has 1 aromatic carbocycles. The highest BCUT2D eigenvalue weighted by atomic mass is 19.1. The van der Waals surface area contributed by atoms with Gasteiger partial charge in [0, 0.05) is 11.8 Å². The monoisotopic (exact) mass is 306 g/mol. The summed E-state index contributed by atoms with van der Waals surface area (Å²) in [6, 6.07) is 7.15. The molecule has 1 heterocycles. The van der Waals surface area contributed by atoms with Gasteiger partial charge >= 0.3 is 6.03 Å². The first-order chi connectivity index (χ1) is 10.3. The molecule has 0 fully saturated rings. The van der Waals surface area contributed by atoms with Crippen LogP contribution < -0.4 is 10.6 Å². The average molecular weight is 306 g/mol. The lowest BCUT2D eigenvalue weighted by molar-refractivity contribution is 0.187. The normalized spacial score (nSPS) is 11.3. The van der Waals surface area contributed by atoms with E-state index in [4.69, 9.17) is 5.11 Å². The number of amides is 2. The number of carbonyl (C=O) groups excluding carboxylic acids is 1. The molecular formula is C15H19FN4O2. The van der Waals surface area contributed by atoms with Crippen LogP contribution in [-0.4, -0.2) is 33.1 Å². The van der Waals surface area contributed by atoms with Crippen molar-refractivity contribution in [3.05, 3.63) is 41.8 Å². The lowest BCUT2D eigenvalue weighted by Gasteiger charge is -2.23. The lowest BCUT2D eigenvalue weighted by atomic mass is 10.1. The molecule has 6 nitrogen and oxygen atoms in total. The minimum atomic E-state index is -0.724. The number of hydrogen-bond donors (Lipinski definition) is 3. The molecule has 0 aliphatic rings. The Morgan fingerprint density at radius 2 is 2.00 bits per heavy atom. The van der Waals surface area contributed by atoms with Crippen molar-refractivity contribution in [3.8, 4) is 5.69 Å². The lowest BCUT2D eigenvalue weighted by Crippen LogP contribution is -2.48. The third-order valence-electron chi connectivity index (χ3n) is 3.05. The number of hydrogen-bond acceptors (Lipinski definition) is 3. The first kappa shape index (κ1) is 16.0. The van der Waals surface area contributed by atoms with Gasteiger partial charge < -0.3 is 10.4 Å². The first-order valence-electron chi connectivity index (χ1n) is 6.83. The Kier molecular flexibility index (Phi) is 4.46. The largest absolute Gasteiger partial charge is 0.394 e. The van der Waals surface area contributed by atoms with E-state index in [0.29, 0.717) is 11.5 Å². The van der Waals surface area contributed by atoms with Crippen molar-refractivity contribution in [2.45, 2.75) is 26.3 Å². The molecule has 118 valence electrons. The third-order valence-corrected chi connectivity index (χ3v) is 3.05. The summed E-state index contributed by atoms with van der Waals surface area (Å²) in [6.45, 7) is 5.06. The number of benzene rings is 1.